The van der Waals surface area contributed by atoms with Crippen LogP contribution in [0.25, 0.3) is 0 Å². The van der Waals surface area contributed by atoms with Crippen LogP contribution < -0.4 is 5.73 Å². The molecule has 0 aromatic carbocycles. The van der Waals surface area contributed by atoms with E-state index in [-0.39, 0.29) is 11.0 Å². The first-order valence-electron chi connectivity index (χ1n) is 4.82. The van der Waals surface area contributed by atoms with Gasteiger partial charge in [-0.25, -0.2) is 4.68 Å². The van der Waals surface area contributed by atoms with Gasteiger partial charge in [0.05, 0.1) is 18.3 Å². The van der Waals surface area contributed by atoms with Gasteiger partial charge >= 0.3 is 0 Å². The van der Waals surface area contributed by atoms with E-state index in [0.717, 1.165) is 12.1 Å². The Hall–Kier alpha value is -1.01. The van der Waals surface area contributed by atoms with E-state index in [0.29, 0.717) is 12.3 Å². The van der Waals surface area contributed by atoms with Crippen LogP contribution in [0.1, 0.15) is 30.8 Å². The van der Waals surface area contributed by atoms with Gasteiger partial charge < -0.3 is 10.5 Å². The molecule has 0 radical (unpaired) electrons. The van der Waals surface area contributed by atoms with Crippen molar-refractivity contribution in [3.63, 3.8) is 0 Å². The van der Waals surface area contributed by atoms with Crippen molar-refractivity contribution < 1.29 is 4.74 Å². The lowest BCUT2D eigenvalue weighted by Crippen LogP contribution is -2.18. The number of rotatable bonds is 5. The smallest absolute Gasteiger partial charge is 0.142 e. The van der Waals surface area contributed by atoms with Crippen LogP contribution in [0.3, 0.4) is 0 Å². The summed E-state index contributed by atoms with van der Waals surface area (Å²) >= 11 is 4.88. The second kappa shape index (κ2) is 5.18. The first kappa shape index (κ1) is 12.1. The van der Waals surface area contributed by atoms with E-state index in [9.17, 15) is 0 Å². The third kappa shape index (κ3) is 2.51. The van der Waals surface area contributed by atoms with Crippen molar-refractivity contribution in [3.05, 3.63) is 11.4 Å². The Morgan fingerprint density at radius 3 is 2.73 bits per heavy atom. The molecule has 0 aliphatic carbocycles. The molecule has 1 aromatic heterocycles. The number of hydrogen-bond acceptors (Lipinski definition) is 4. The summed E-state index contributed by atoms with van der Waals surface area (Å²) in [6.07, 6.45) is 0.925. The van der Waals surface area contributed by atoms with Crippen molar-refractivity contribution in [2.75, 3.05) is 13.7 Å². The summed E-state index contributed by atoms with van der Waals surface area (Å²) in [5, 5.41) is 8.00. The van der Waals surface area contributed by atoms with Crippen LogP contribution in [-0.4, -0.2) is 33.7 Å². The summed E-state index contributed by atoms with van der Waals surface area (Å²) < 4.78 is 6.94. The predicted molar refractivity (Wildman–Crippen MR) is 61.9 cm³/mol. The van der Waals surface area contributed by atoms with Crippen LogP contribution in [0.2, 0.25) is 0 Å². The molecule has 0 saturated heterocycles. The Morgan fingerprint density at radius 1 is 1.67 bits per heavy atom. The summed E-state index contributed by atoms with van der Waals surface area (Å²) in [6, 6.07) is 0.186. The molecule has 84 valence electrons. The standard InChI is InChI=1S/C9H16N4OS/c1-4-7(5-14-3)13-6(2)8(9(10)15)11-12-13/h7H,4-5H2,1-3H3,(H2,10,15). The molecule has 2 N–H and O–H groups in total. The van der Waals surface area contributed by atoms with E-state index in [2.05, 4.69) is 17.2 Å². The van der Waals surface area contributed by atoms with Gasteiger partial charge in [0.25, 0.3) is 0 Å². The quantitative estimate of drug-likeness (QED) is 0.756. The van der Waals surface area contributed by atoms with Crippen LogP contribution in [0, 0.1) is 6.92 Å². The van der Waals surface area contributed by atoms with Gasteiger partial charge in [0, 0.05) is 7.11 Å². The highest BCUT2D eigenvalue weighted by atomic mass is 32.1. The van der Waals surface area contributed by atoms with Gasteiger partial charge in [-0.3, -0.25) is 0 Å². The Balaban J connectivity index is 2.98. The zero-order valence-electron chi connectivity index (χ0n) is 9.23. The molecule has 0 bridgehead atoms. The first-order valence-corrected chi connectivity index (χ1v) is 5.23. The fourth-order valence-electron chi connectivity index (χ4n) is 1.47. The molecular formula is C9H16N4OS. The maximum atomic E-state index is 5.53. The van der Waals surface area contributed by atoms with E-state index < -0.39 is 0 Å². The fourth-order valence-corrected chi connectivity index (χ4v) is 1.66. The van der Waals surface area contributed by atoms with Crippen molar-refractivity contribution in [1.29, 1.82) is 0 Å². The SMILES string of the molecule is CCC(COC)n1nnc(C(N)=S)c1C. The molecule has 0 fully saturated rings. The summed E-state index contributed by atoms with van der Waals surface area (Å²) in [4.78, 5) is 0.283. The van der Waals surface area contributed by atoms with E-state index in [1.807, 2.05) is 11.6 Å². The van der Waals surface area contributed by atoms with Gasteiger partial charge in [-0.05, 0) is 13.3 Å². The predicted octanol–water partition coefficient (Wildman–Crippen LogP) is 0.818. The van der Waals surface area contributed by atoms with Crippen molar-refractivity contribution >= 4 is 17.2 Å². The molecule has 1 rings (SSSR count). The average Bonchev–Trinajstić information content (AvgIpc) is 2.57. The number of nitrogens with two attached hydrogens (primary N) is 1. The number of nitrogens with zero attached hydrogens (tertiary/aromatic N) is 3. The third-order valence-electron chi connectivity index (χ3n) is 2.34. The zero-order valence-corrected chi connectivity index (χ0v) is 10.0. The lowest BCUT2D eigenvalue weighted by atomic mass is 10.2. The normalized spacial score (nSPS) is 12.7. The van der Waals surface area contributed by atoms with Crippen LogP contribution in [-0.2, 0) is 4.74 Å². The van der Waals surface area contributed by atoms with Gasteiger partial charge in [-0.1, -0.05) is 24.4 Å². The third-order valence-corrected chi connectivity index (χ3v) is 2.53. The molecule has 6 heteroatoms. The highest BCUT2D eigenvalue weighted by molar-refractivity contribution is 7.80. The molecule has 1 atom stereocenters. The number of hydrogen-bond donors (Lipinski definition) is 1. The van der Waals surface area contributed by atoms with Crippen molar-refractivity contribution in [2.45, 2.75) is 26.3 Å². The minimum absolute atomic E-state index is 0.186. The Kier molecular flexibility index (Phi) is 4.16. The lowest BCUT2D eigenvalue weighted by molar-refractivity contribution is 0.145. The van der Waals surface area contributed by atoms with Crippen LogP contribution >= 0.6 is 12.2 Å². The number of ether oxygens (including phenoxy) is 1. The van der Waals surface area contributed by atoms with Gasteiger partial charge in [-0.15, -0.1) is 5.10 Å². The average molecular weight is 228 g/mol. The van der Waals surface area contributed by atoms with Crippen molar-refractivity contribution in [3.8, 4) is 0 Å². The molecule has 1 aromatic rings. The molecule has 0 amide bonds. The maximum absolute atomic E-state index is 5.53. The largest absolute Gasteiger partial charge is 0.388 e. The van der Waals surface area contributed by atoms with E-state index >= 15 is 0 Å². The Labute approximate surface area is 94.6 Å². The molecule has 0 saturated carbocycles. The highest BCUT2D eigenvalue weighted by Crippen LogP contribution is 2.14. The van der Waals surface area contributed by atoms with Crippen molar-refractivity contribution in [1.82, 2.24) is 15.0 Å². The Bertz CT molecular complexity index is 350. The fraction of sp³-hybridized carbons (Fsp3) is 0.667. The molecule has 1 heterocycles. The molecule has 0 spiro atoms. The Morgan fingerprint density at radius 2 is 2.33 bits per heavy atom. The zero-order chi connectivity index (χ0) is 11.4. The first-order chi connectivity index (χ1) is 7.11. The summed E-state index contributed by atoms with van der Waals surface area (Å²) in [7, 11) is 1.67. The second-order valence-corrected chi connectivity index (χ2v) is 3.79. The van der Waals surface area contributed by atoms with Crippen molar-refractivity contribution in [2.24, 2.45) is 5.73 Å². The van der Waals surface area contributed by atoms with Gasteiger partial charge in [-0.2, -0.15) is 0 Å². The lowest BCUT2D eigenvalue weighted by Gasteiger charge is -2.15. The van der Waals surface area contributed by atoms with E-state index in [1.54, 1.807) is 7.11 Å². The van der Waals surface area contributed by atoms with Crippen LogP contribution in [0.4, 0.5) is 0 Å². The van der Waals surface area contributed by atoms with Crippen LogP contribution in [0.5, 0.6) is 0 Å². The summed E-state index contributed by atoms with van der Waals surface area (Å²) in [6.45, 7) is 4.59. The molecule has 15 heavy (non-hydrogen) atoms. The summed E-state index contributed by atoms with van der Waals surface area (Å²) in [5.74, 6) is 0. The maximum Gasteiger partial charge on any atom is 0.142 e. The minimum Gasteiger partial charge on any atom is -0.388 e. The van der Waals surface area contributed by atoms with Gasteiger partial charge in [0.2, 0.25) is 0 Å². The molecule has 0 aliphatic heterocycles. The van der Waals surface area contributed by atoms with Gasteiger partial charge in [0.1, 0.15) is 10.7 Å². The van der Waals surface area contributed by atoms with Gasteiger partial charge in [0.15, 0.2) is 0 Å². The number of methoxy groups -OCH3 is 1. The van der Waals surface area contributed by atoms with E-state index in [4.69, 9.17) is 22.7 Å². The molecular weight excluding hydrogens is 212 g/mol. The monoisotopic (exact) mass is 228 g/mol. The number of aromatic nitrogens is 3. The second-order valence-electron chi connectivity index (χ2n) is 3.35. The van der Waals surface area contributed by atoms with Crippen LogP contribution in [0.15, 0.2) is 0 Å². The number of thiocarbonyl (C=S) groups is 1. The van der Waals surface area contributed by atoms with E-state index in [1.165, 1.54) is 0 Å². The molecule has 1 unspecified atom stereocenters. The summed E-state index contributed by atoms with van der Waals surface area (Å²) in [5.41, 5.74) is 7.02. The molecule has 0 aliphatic rings. The topological polar surface area (TPSA) is 66.0 Å². The minimum atomic E-state index is 0.186. The molecule has 5 nitrogen and oxygen atoms in total. The highest BCUT2D eigenvalue weighted by Gasteiger charge is 2.16.